The molecule has 1 aromatic heterocycles. The lowest BCUT2D eigenvalue weighted by Crippen LogP contribution is -2.23. The molecule has 0 aliphatic carbocycles. The Hall–Kier alpha value is -2.42. The fourth-order valence-electron chi connectivity index (χ4n) is 2.61. The van der Waals surface area contributed by atoms with Crippen molar-refractivity contribution in [3.63, 3.8) is 0 Å². The van der Waals surface area contributed by atoms with Crippen molar-refractivity contribution < 1.29 is 9.90 Å². The Balaban J connectivity index is 2.03. The summed E-state index contributed by atoms with van der Waals surface area (Å²) in [7, 11) is 0. The molecule has 2 aromatic rings. The SMILES string of the molecule is CC(C)(CCCC/C=C(\c1ccccc1)c1cccnc1)C(=O)O. The molecule has 3 heteroatoms. The van der Waals surface area contributed by atoms with Crippen LogP contribution in [0.2, 0.25) is 0 Å². The van der Waals surface area contributed by atoms with Gasteiger partial charge < -0.3 is 5.11 Å². The largest absolute Gasteiger partial charge is 0.481 e. The fourth-order valence-corrected chi connectivity index (χ4v) is 2.61. The normalized spacial score (nSPS) is 12.2. The third-order valence-corrected chi connectivity index (χ3v) is 4.24. The van der Waals surface area contributed by atoms with E-state index in [-0.39, 0.29) is 0 Å². The summed E-state index contributed by atoms with van der Waals surface area (Å²) in [5, 5.41) is 9.16. The zero-order valence-corrected chi connectivity index (χ0v) is 14.4. The van der Waals surface area contributed by atoms with Crippen LogP contribution in [-0.2, 0) is 4.79 Å². The minimum atomic E-state index is -0.724. The molecule has 0 aliphatic rings. The number of unbranched alkanes of at least 4 members (excludes halogenated alkanes) is 2. The Kier molecular flexibility index (Phi) is 6.30. The van der Waals surface area contributed by atoms with Crippen LogP contribution in [0, 0.1) is 5.41 Å². The number of pyridine rings is 1. The lowest BCUT2D eigenvalue weighted by molar-refractivity contribution is -0.147. The third-order valence-electron chi connectivity index (χ3n) is 4.24. The van der Waals surface area contributed by atoms with Crippen molar-refractivity contribution in [2.45, 2.75) is 39.5 Å². The minimum Gasteiger partial charge on any atom is -0.481 e. The average molecular weight is 323 g/mol. The van der Waals surface area contributed by atoms with Crippen LogP contribution in [0.1, 0.15) is 50.7 Å². The number of nitrogens with zero attached hydrogens (tertiary/aromatic N) is 1. The molecule has 0 spiro atoms. The zero-order valence-electron chi connectivity index (χ0n) is 14.4. The molecule has 0 unspecified atom stereocenters. The first kappa shape index (κ1) is 17.9. The van der Waals surface area contributed by atoms with Gasteiger partial charge in [0.2, 0.25) is 0 Å². The Morgan fingerprint density at radius 2 is 1.79 bits per heavy atom. The number of aliphatic carboxylic acids is 1. The first-order valence-electron chi connectivity index (χ1n) is 8.40. The topological polar surface area (TPSA) is 50.2 Å². The van der Waals surface area contributed by atoms with Gasteiger partial charge in [-0.25, -0.2) is 0 Å². The summed E-state index contributed by atoms with van der Waals surface area (Å²) in [4.78, 5) is 15.4. The number of carboxylic acid groups (broad SMARTS) is 1. The Morgan fingerprint density at radius 1 is 1.08 bits per heavy atom. The van der Waals surface area contributed by atoms with Crippen molar-refractivity contribution in [1.29, 1.82) is 0 Å². The molecule has 0 aliphatic heterocycles. The van der Waals surface area contributed by atoms with Gasteiger partial charge in [0, 0.05) is 18.0 Å². The summed E-state index contributed by atoms with van der Waals surface area (Å²) in [5.41, 5.74) is 2.82. The number of aromatic nitrogens is 1. The Labute approximate surface area is 144 Å². The molecule has 1 aromatic carbocycles. The van der Waals surface area contributed by atoms with Gasteiger partial charge in [-0.15, -0.1) is 0 Å². The van der Waals surface area contributed by atoms with Gasteiger partial charge in [-0.1, -0.05) is 48.9 Å². The molecule has 1 N–H and O–H groups in total. The molecule has 1 heterocycles. The quantitative estimate of drug-likeness (QED) is 0.681. The highest BCUT2D eigenvalue weighted by molar-refractivity contribution is 5.79. The van der Waals surface area contributed by atoms with E-state index in [0.717, 1.165) is 24.8 Å². The first-order valence-corrected chi connectivity index (χ1v) is 8.40. The number of allylic oxidation sites excluding steroid dienone is 1. The van der Waals surface area contributed by atoms with E-state index in [9.17, 15) is 4.79 Å². The predicted octanol–water partition coefficient (Wildman–Crippen LogP) is 5.18. The highest BCUT2D eigenvalue weighted by Crippen LogP contribution is 2.26. The second-order valence-electron chi connectivity index (χ2n) is 6.66. The molecule has 0 atom stereocenters. The average Bonchev–Trinajstić information content (AvgIpc) is 2.59. The van der Waals surface area contributed by atoms with Gasteiger partial charge in [-0.2, -0.15) is 0 Å². The van der Waals surface area contributed by atoms with Gasteiger partial charge in [0.15, 0.2) is 0 Å². The standard InChI is InChI=1S/C21H25NO2/c1-21(2,20(23)24)14-8-4-7-13-19(17-10-5-3-6-11-17)18-12-9-15-22-16-18/h3,5-6,9-13,15-16H,4,7-8,14H2,1-2H3,(H,23,24)/b19-13+. The first-order chi connectivity index (χ1) is 11.5. The number of carboxylic acids is 1. The maximum Gasteiger partial charge on any atom is 0.309 e. The molecule has 2 rings (SSSR count). The fraction of sp³-hybridized carbons (Fsp3) is 0.333. The molecule has 0 amide bonds. The highest BCUT2D eigenvalue weighted by Gasteiger charge is 2.25. The van der Waals surface area contributed by atoms with Gasteiger partial charge in [0.05, 0.1) is 5.41 Å². The lowest BCUT2D eigenvalue weighted by atomic mass is 9.87. The van der Waals surface area contributed by atoms with Gasteiger partial charge in [-0.05, 0) is 50.3 Å². The molecule has 0 fully saturated rings. The summed E-state index contributed by atoms with van der Waals surface area (Å²) in [6, 6.07) is 14.3. The van der Waals surface area contributed by atoms with Crippen molar-refractivity contribution in [1.82, 2.24) is 4.98 Å². The van der Waals surface area contributed by atoms with E-state index in [1.165, 1.54) is 11.1 Å². The lowest BCUT2D eigenvalue weighted by Gasteiger charge is -2.18. The summed E-state index contributed by atoms with van der Waals surface area (Å²) in [6.45, 7) is 3.58. The molecular weight excluding hydrogens is 298 g/mol. The van der Waals surface area contributed by atoms with Crippen LogP contribution in [0.4, 0.5) is 0 Å². The minimum absolute atomic E-state index is 0.644. The van der Waals surface area contributed by atoms with Crippen LogP contribution in [0.15, 0.2) is 60.9 Å². The van der Waals surface area contributed by atoms with Crippen LogP contribution < -0.4 is 0 Å². The van der Waals surface area contributed by atoms with E-state index in [2.05, 4.69) is 29.3 Å². The van der Waals surface area contributed by atoms with Crippen LogP contribution in [0.5, 0.6) is 0 Å². The van der Waals surface area contributed by atoms with Crippen molar-refractivity contribution >= 4 is 11.5 Å². The van der Waals surface area contributed by atoms with Crippen molar-refractivity contribution in [2.24, 2.45) is 5.41 Å². The monoisotopic (exact) mass is 323 g/mol. The highest BCUT2D eigenvalue weighted by atomic mass is 16.4. The smallest absolute Gasteiger partial charge is 0.309 e. The maximum absolute atomic E-state index is 11.1. The predicted molar refractivity (Wildman–Crippen MR) is 97.6 cm³/mol. The zero-order chi connectivity index (χ0) is 17.4. The second kappa shape index (κ2) is 8.44. The number of carbonyl (C=O) groups is 1. The third kappa shape index (κ3) is 5.05. The van der Waals surface area contributed by atoms with Crippen LogP contribution in [0.3, 0.4) is 0 Å². The summed E-state index contributed by atoms with van der Waals surface area (Å²) in [6.07, 6.45) is 9.41. The van der Waals surface area contributed by atoms with E-state index in [1.54, 1.807) is 20.0 Å². The molecule has 126 valence electrons. The van der Waals surface area contributed by atoms with E-state index in [1.807, 2.05) is 30.5 Å². The molecule has 0 saturated heterocycles. The van der Waals surface area contributed by atoms with Gasteiger partial charge in [0.25, 0.3) is 0 Å². The van der Waals surface area contributed by atoms with E-state index < -0.39 is 11.4 Å². The molecule has 3 nitrogen and oxygen atoms in total. The number of hydrogen-bond acceptors (Lipinski definition) is 2. The van der Waals surface area contributed by atoms with Gasteiger partial charge >= 0.3 is 5.97 Å². The van der Waals surface area contributed by atoms with Gasteiger partial charge in [-0.3, -0.25) is 9.78 Å². The number of hydrogen-bond donors (Lipinski definition) is 1. The Bertz CT molecular complexity index is 634. The maximum atomic E-state index is 11.1. The second-order valence-corrected chi connectivity index (χ2v) is 6.66. The molecular formula is C21H25NO2. The summed E-state index contributed by atoms with van der Waals surface area (Å²) >= 11 is 0. The number of benzene rings is 1. The summed E-state index contributed by atoms with van der Waals surface area (Å²) in [5.74, 6) is -0.724. The molecule has 24 heavy (non-hydrogen) atoms. The Morgan fingerprint density at radius 3 is 2.42 bits per heavy atom. The van der Waals surface area contributed by atoms with Crippen molar-refractivity contribution in [3.05, 3.63) is 72.1 Å². The van der Waals surface area contributed by atoms with Crippen LogP contribution in [-0.4, -0.2) is 16.1 Å². The molecule has 0 saturated carbocycles. The molecule has 0 bridgehead atoms. The summed E-state index contributed by atoms with van der Waals surface area (Å²) < 4.78 is 0. The van der Waals surface area contributed by atoms with E-state index >= 15 is 0 Å². The number of rotatable bonds is 8. The van der Waals surface area contributed by atoms with Crippen molar-refractivity contribution in [3.8, 4) is 0 Å². The van der Waals surface area contributed by atoms with Gasteiger partial charge in [0.1, 0.15) is 0 Å². The van der Waals surface area contributed by atoms with Crippen molar-refractivity contribution in [2.75, 3.05) is 0 Å². The van der Waals surface area contributed by atoms with E-state index in [4.69, 9.17) is 5.11 Å². The van der Waals surface area contributed by atoms with Crippen LogP contribution in [0.25, 0.3) is 5.57 Å². The molecule has 0 radical (unpaired) electrons. The van der Waals surface area contributed by atoms with Crippen LogP contribution >= 0.6 is 0 Å². The van der Waals surface area contributed by atoms with E-state index in [0.29, 0.717) is 6.42 Å².